The first-order chi connectivity index (χ1) is 8.29. The van der Waals surface area contributed by atoms with Crippen LogP contribution < -0.4 is 5.32 Å². The number of pyridine rings is 1. The predicted octanol–water partition coefficient (Wildman–Crippen LogP) is 3.46. The van der Waals surface area contributed by atoms with Crippen molar-refractivity contribution in [3.63, 3.8) is 0 Å². The molecule has 1 amide bonds. The van der Waals surface area contributed by atoms with Crippen molar-refractivity contribution in [1.82, 2.24) is 10.3 Å². The van der Waals surface area contributed by atoms with Crippen LogP contribution in [0, 0.1) is 0 Å². The molecule has 0 saturated carbocycles. The molecule has 1 heterocycles. The monoisotopic (exact) mass is 300 g/mol. The second-order valence-corrected chi connectivity index (χ2v) is 4.26. The zero-order valence-corrected chi connectivity index (χ0v) is 10.5. The summed E-state index contributed by atoms with van der Waals surface area (Å²) >= 11 is 11.3. The van der Waals surface area contributed by atoms with Gasteiger partial charge in [0.05, 0.1) is 10.6 Å². The van der Waals surface area contributed by atoms with Gasteiger partial charge in [-0.3, -0.25) is 4.79 Å². The topological polar surface area (TPSA) is 42.0 Å². The number of carbonyl (C=O) groups is 1. The van der Waals surface area contributed by atoms with E-state index in [4.69, 9.17) is 23.2 Å². The van der Waals surface area contributed by atoms with Crippen LogP contribution in [0.3, 0.4) is 0 Å². The van der Waals surface area contributed by atoms with E-state index in [1.54, 1.807) is 0 Å². The van der Waals surface area contributed by atoms with Crippen LogP contribution >= 0.6 is 23.2 Å². The van der Waals surface area contributed by atoms with Crippen molar-refractivity contribution >= 4 is 29.1 Å². The standard InChI is InChI=1S/C10H9Cl2F3N2O/c11-7-5-17-8(12)4-6(7)9(18)16-3-1-2-10(13,14)15/h4-5H,1-3H2,(H,16,18). The SMILES string of the molecule is O=C(NCCCC(F)(F)F)c1cc(Cl)ncc1Cl. The summed E-state index contributed by atoms with van der Waals surface area (Å²) in [5, 5.41) is 2.50. The maximum absolute atomic E-state index is 11.9. The van der Waals surface area contributed by atoms with Gasteiger partial charge in [-0.15, -0.1) is 0 Å². The average molecular weight is 301 g/mol. The quantitative estimate of drug-likeness (QED) is 0.683. The Bertz CT molecular complexity index is 438. The molecule has 0 aliphatic carbocycles. The number of aromatic nitrogens is 1. The molecular formula is C10H9Cl2F3N2O. The van der Waals surface area contributed by atoms with Gasteiger partial charge in [0.2, 0.25) is 0 Å². The van der Waals surface area contributed by atoms with Crippen LogP contribution in [0.1, 0.15) is 23.2 Å². The number of nitrogens with zero attached hydrogens (tertiary/aromatic N) is 1. The van der Waals surface area contributed by atoms with Gasteiger partial charge in [-0.1, -0.05) is 23.2 Å². The molecular weight excluding hydrogens is 292 g/mol. The van der Waals surface area contributed by atoms with Crippen LogP contribution in [0.4, 0.5) is 13.2 Å². The van der Waals surface area contributed by atoms with Crippen molar-refractivity contribution in [3.05, 3.63) is 28.0 Å². The average Bonchev–Trinajstić information content (AvgIpc) is 2.26. The summed E-state index contributed by atoms with van der Waals surface area (Å²) in [4.78, 5) is 15.2. The molecule has 8 heteroatoms. The van der Waals surface area contributed by atoms with Gasteiger partial charge < -0.3 is 5.32 Å². The lowest BCUT2D eigenvalue weighted by Crippen LogP contribution is -2.26. The molecule has 0 aromatic carbocycles. The molecule has 1 aromatic heterocycles. The van der Waals surface area contributed by atoms with E-state index in [2.05, 4.69) is 10.3 Å². The van der Waals surface area contributed by atoms with E-state index in [1.165, 1.54) is 12.3 Å². The van der Waals surface area contributed by atoms with E-state index in [9.17, 15) is 18.0 Å². The predicted molar refractivity (Wildman–Crippen MR) is 61.9 cm³/mol. The molecule has 1 aromatic rings. The minimum absolute atomic E-state index is 0.0832. The highest BCUT2D eigenvalue weighted by molar-refractivity contribution is 6.35. The Hall–Kier alpha value is -1.01. The fourth-order valence-corrected chi connectivity index (χ4v) is 1.52. The van der Waals surface area contributed by atoms with Gasteiger partial charge in [0.15, 0.2) is 0 Å². The molecule has 0 radical (unpaired) electrons. The van der Waals surface area contributed by atoms with Crippen LogP contribution in [-0.2, 0) is 0 Å². The fraction of sp³-hybridized carbons (Fsp3) is 0.400. The Morgan fingerprint density at radius 1 is 1.39 bits per heavy atom. The summed E-state index contributed by atoms with van der Waals surface area (Å²) in [6.45, 7) is -0.0887. The van der Waals surface area contributed by atoms with E-state index >= 15 is 0 Å². The second-order valence-electron chi connectivity index (χ2n) is 3.46. The Kier molecular flexibility index (Phi) is 5.22. The summed E-state index contributed by atoms with van der Waals surface area (Å²) in [5.74, 6) is -0.577. The number of nitrogens with one attached hydrogen (secondary N) is 1. The van der Waals surface area contributed by atoms with Crippen molar-refractivity contribution in [1.29, 1.82) is 0 Å². The first kappa shape index (κ1) is 15.0. The number of hydrogen-bond donors (Lipinski definition) is 1. The Morgan fingerprint density at radius 3 is 2.67 bits per heavy atom. The van der Waals surface area contributed by atoms with Crippen LogP contribution in [-0.4, -0.2) is 23.6 Å². The second kappa shape index (κ2) is 6.24. The number of carbonyl (C=O) groups excluding carboxylic acids is 1. The Morgan fingerprint density at radius 2 is 2.06 bits per heavy atom. The zero-order chi connectivity index (χ0) is 13.8. The number of amides is 1. The van der Waals surface area contributed by atoms with Gasteiger partial charge in [-0.2, -0.15) is 13.2 Å². The first-order valence-corrected chi connectivity index (χ1v) is 5.71. The first-order valence-electron chi connectivity index (χ1n) is 4.95. The highest BCUT2D eigenvalue weighted by Gasteiger charge is 2.26. The number of hydrogen-bond acceptors (Lipinski definition) is 2. The lowest BCUT2D eigenvalue weighted by Gasteiger charge is -2.08. The van der Waals surface area contributed by atoms with Gasteiger partial charge in [-0.25, -0.2) is 4.98 Å². The van der Waals surface area contributed by atoms with Crippen LogP contribution in [0.2, 0.25) is 10.2 Å². The molecule has 0 bridgehead atoms. The summed E-state index contributed by atoms with van der Waals surface area (Å²) < 4.78 is 35.6. The molecule has 0 spiro atoms. The van der Waals surface area contributed by atoms with Crippen molar-refractivity contribution in [2.24, 2.45) is 0 Å². The smallest absolute Gasteiger partial charge is 0.352 e. The Balaban J connectivity index is 2.48. The molecule has 0 saturated heterocycles. The minimum Gasteiger partial charge on any atom is -0.352 e. The zero-order valence-electron chi connectivity index (χ0n) is 9.02. The maximum Gasteiger partial charge on any atom is 0.389 e. The molecule has 3 nitrogen and oxygen atoms in total. The third-order valence-electron chi connectivity index (χ3n) is 1.99. The molecule has 100 valence electrons. The molecule has 0 fully saturated rings. The minimum atomic E-state index is -4.22. The van der Waals surface area contributed by atoms with Crippen LogP contribution in [0.15, 0.2) is 12.3 Å². The van der Waals surface area contributed by atoms with E-state index in [0.717, 1.165) is 0 Å². The molecule has 0 aliphatic heterocycles. The number of alkyl halides is 3. The molecule has 0 unspecified atom stereocenters. The maximum atomic E-state index is 11.9. The van der Waals surface area contributed by atoms with E-state index < -0.39 is 18.5 Å². The van der Waals surface area contributed by atoms with Crippen molar-refractivity contribution in [2.45, 2.75) is 19.0 Å². The Labute approximate surface area is 111 Å². The van der Waals surface area contributed by atoms with E-state index in [-0.39, 0.29) is 28.7 Å². The van der Waals surface area contributed by atoms with Crippen molar-refractivity contribution < 1.29 is 18.0 Å². The van der Waals surface area contributed by atoms with Crippen molar-refractivity contribution in [3.8, 4) is 0 Å². The molecule has 0 aliphatic rings. The van der Waals surface area contributed by atoms with Gasteiger partial charge in [0.1, 0.15) is 5.15 Å². The van der Waals surface area contributed by atoms with E-state index in [0.29, 0.717) is 0 Å². The van der Waals surface area contributed by atoms with Gasteiger partial charge in [-0.05, 0) is 12.5 Å². The largest absolute Gasteiger partial charge is 0.389 e. The fourth-order valence-electron chi connectivity index (χ4n) is 1.17. The highest BCUT2D eigenvalue weighted by Crippen LogP contribution is 2.21. The molecule has 18 heavy (non-hydrogen) atoms. The van der Waals surface area contributed by atoms with E-state index in [1.807, 2.05) is 0 Å². The van der Waals surface area contributed by atoms with Crippen molar-refractivity contribution in [2.75, 3.05) is 6.54 Å². The molecule has 1 rings (SSSR count). The number of rotatable bonds is 4. The lowest BCUT2D eigenvalue weighted by molar-refractivity contribution is -0.135. The summed E-state index contributed by atoms with van der Waals surface area (Å²) in [6.07, 6.45) is -4.15. The number of halogens is 5. The third-order valence-corrected chi connectivity index (χ3v) is 2.50. The van der Waals surface area contributed by atoms with Gasteiger partial charge >= 0.3 is 6.18 Å². The molecule has 0 atom stereocenters. The lowest BCUT2D eigenvalue weighted by atomic mass is 10.2. The third kappa shape index (κ3) is 5.10. The summed E-state index contributed by atoms with van der Waals surface area (Å²) in [6, 6.07) is 1.25. The van der Waals surface area contributed by atoms with Crippen LogP contribution in [0.5, 0.6) is 0 Å². The molecule has 1 N–H and O–H groups in total. The summed E-state index contributed by atoms with van der Waals surface area (Å²) in [5.41, 5.74) is 0.0867. The van der Waals surface area contributed by atoms with Gasteiger partial charge in [0.25, 0.3) is 5.91 Å². The normalized spacial score (nSPS) is 11.4. The summed E-state index contributed by atoms with van der Waals surface area (Å²) in [7, 11) is 0. The van der Waals surface area contributed by atoms with Gasteiger partial charge in [0, 0.05) is 19.2 Å². The highest BCUT2D eigenvalue weighted by atomic mass is 35.5. The van der Waals surface area contributed by atoms with Crippen LogP contribution in [0.25, 0.3) is 0 Å².